The summed E-state index contributed by atoms with van der Waals surface area (Å²) in [5.74, 6) is 2.43. The van der Waals surface area contributed by atoms with E-state index in [9.17, 15) is 4.79 Å². The fourth-order valence-corrected chi connectivity index (χ4v) is 3.81. The van der Waals surface area contributed by atoms with E-state index in [0.717, 1.165) is 6.42 Å². The molecule has 1 saturated carbocycles. The van der Waals surface area contributed by atoms with Gasteiger partial charge in [0, 0.05) is 23.5 Å². The van der Waals surface area contributed by atoms with Crippen LogP contribution in [0.15, 0.2) is 53.5 Å². The number of carbonyl (C=O) groups is 1. The number of fused-ring (bicyclic) bond motifs is 1. The third-order valence-corrected chi connectivity index (χ3v) is 5.92. The van der Waals surface area contributed by atoms with Crippen LogP contribution in [0.2, 0.25) is 5.02 Å². The first-order chi connectivity index (χ1) is 13.0. The molecule has 0 aromatic carbocycles. The Bertz CT molecular complexity index is 1090. The number of imidazole rings is 1. The van der Waals surface area contributed by atoms with Crippen LogP contribution in [0.5, 0.6) is 0 Å². The number of rotatable bonds is 4. The molecule has 1 N–H and O–H groups in total. The average Bonchev–Trinajstić information content (AvgIpc) is 3.25. The predicted octanol–water partition coefficient (Wildman–Crippen LogP) is 4.52. The topological polar surface area (TPSA) is 46.4 Å². The normalized spacial score (nSPS) is 20.3. The van der Waals surface area contributed by atoms with Gasteiger partial charge >= 0.3 is 0 Å². The van der Waals surface area contributed by atoms with E-state index >= 15 is 0 Å². The van der Waals surface area contributed by atoms with Gasteiger partial charge < -0.3 is 9.72 Å². The molecule has 0 atom stereocenters. The summed E-state index contributed by atoms with van der Waals surface area (Å²) in [7, 11) is 0. The van der Waals surface area contributed by atoms with Gasteiger partial charge in [0.25, 0.3) is 5.91 Å². The molecule has 0 radical (unpaired) electrons. The van der Waals surface area contributed by atoms with Crippen LogP contribution < -0.4 is 5.32 Å². The van der Waals surface area contributed by atoms with Crippen molar-refractivity contribution in [3.63, 3.8) is 0 Å². The van der Waals surface area contributed by atoms with Crippen LogP contribution in [0.4, 0.5) is 0 Å². The van der Waals surface area contributed by atoms with E-state index in [4.69, 9.17) is 18.0 Å². The van der Waals surface area contributed by atoms with Crippen LogP contribution >= 0.6 is 11.6 Å². The molecule has 0 spiro atoms. The highest BCUT2D eigenvalue weighted by atomic mass is 35.5. The highest BCUT2D eigenvalue weighted by Gasteiger charge is 2.41. The lowest BCUT2D eigenvalue weighted by atomic mass is 9.93. The summed E-state index contributed by atoms with van der Waals surface area (Å²) < 4.78 is 1.82. The van der Waals surface area contributed by atoms with Gasteiger partial charge in [-0.15, -0.1) is 6.42 Å². The molecular weight excluding hydrogens is 358 g/mol. The molecule has 2 aromatic rings. The van der Waals surface area contributed by atoms with E-state index in [-0.39, 0.29) is 5.91 Å². The van der Waals surface area contributed by atoms with Crippen LogP contribution in [0.3, 0.4) is 0 Å². The van der Waals surface area contributed by atoms with Gasteiger partial charge in [-0.2, -0.15) is 0 Å². The van der Waals surface area contributed by atoms with Crippen LogP contribution in [-0.4, -0.2) is 15.3 Å². The van der Waals surface area contributed by atoms with Crippen molar-refractivity contribution < 1.29 is 4.79 Å². The quantitative estimate of drug-likeness (QED) is 0.796. The number of pyridine rings is 1. The van der Waals surface area contributed by atoms with Crippen LogP contribution in [-0.2, 0) is 4.79 Å². The zero-order valence-electron chi connectivity index (χ0n) is 15.3. The minimum atomic E-state index is -0.230. The van der Waals surface area contributed by atoms with E-state index < -0.39 is 0 Å². The Labute approximate surface area is 163 Å². The first-order valence-electron chi connectivity index (χ1n) is 9.04. The number of aromatic nitrogens is 2. The smallest absolute Gasteiger partial charge is 0.259 e. The predicted molar refractivity (Wildman–Crippen MR) is 108 cm³/mol. The number of terminal acetylenes is 1. The number of allylic oxidation sites excluding steroid dienone is 4. The molecule has 1 aliphatic heterocycles. The lowest BCUT2D eigenvalue weighted by Gasteiger charge is -2.12. The first kappa shape index (κ1) is 17.6. The van der Waals surface area contributed by atoms with E-state index in [1.165, 1.54) is 18.4 Å². The van der Waals surface area contributed by atoms with E-state index in [1.807, 2.05) is 10.5 Å². The second kappa shape index (κ2) is 6.44. The SMILES string of the molecule is C#CC1=C(c2cn3ccc(Cl)cc3n2)C(=O)NC1=CC=C(C)C1(CC)CC1. The number of halogens is 1. The third-order valence-electron chi connectivity index (χ3n) is 5.68. The summed E-state index contributed by atoms with van der Waals surface area (Å²) in [5.41, 5.74) is 4.49. The molecule has 1 fully saturated rings. The van der Waals surface area contributed by atoms with Gasteiger partial charge in [-0.05, 0) is 43.7 Å². The number of carbonyl (C=O) groups excluding carboxylic acids is 1. The Kier molecular flexibility index (Phi) is 4.20. The molecule has 3 heterocycles. The molecule has 4 rings (SSSR count). The van der Waals surface area contributed by atoms with Crippen LogP contribution in [0, 0.1) is 17.8 Å². The minimum absolute atomic E-state index is 0.230. The van der Waals surface area contributed by atoms with Crippen molar-refractivity contribution >= 4 is 28.7 Å². The number of hydrogen-bond donors (Lipinski definition) is 1. The molecule has 136 valence electrons. The van der Waals surface area contributed by atoms with Gasteiger partial charge in [-0.1, -0.05) is 36.1 Å². The van der Waals surface area contributed by atoms with Crippen molar-refractivity contribution in [2.45, 2.75) is 33.1 Å². The summed E-state index contributed by atoms with van der Waals surface area (Å²) >= 11 is 6.03. The molecule has 0 unspecified atom stereocenters. The van der Waals surface area contributed by atoms with E-state index in [2.05, 4.69) is 36.1 Å². The second-order valence-electron chi connectivity index (χ2n) is 7.15. The van der Waals surface area contributed by atoms with Crippen LogP contribution in [0.1, 0.15) is 38.8 Å². The molecule has 1 amide bonds. The van der Waals surface area contributed by atoms with Gasteiger partial charge in [0.2, 0.25) is 0 Å². The second-order valence-corrected chi connectivity index (χ2v) is 7.59. The fourth-order valence-electron chi connectivity index (χ4n) is 3.66. The number of nitrogens with zero attached hydrogens (tertiary/aromatic N) is 2. The Morgan fingerprint density at radius 2 is 2.30 bits per heavy atom. The van der Waals surface area contributed by atoms with Gasteiger partial charge in [0.05, 0.1) is 22.5 Å². The van der Waals surface area contributed by atoms with E-state index in [0.29, 0.717) is 38.6 Å². The third kappa shape index (κ3) is 2.98. The summed E-state index contributed by atoms with van der Waals surface area (Å²) in [6.07, 6.45) is 16.9. The van der Waals surface area contributed by atoms with Gasteiger partial charge in [0.15, 0.2) is 0 Å². The summed E-state index contributed by atoms with van der Waals surface area (Å²) in [5, 5.41) is 3.48. The maximum absolute atomic E-state index is 12.6. The van der Waals surface area contributed by atoms with Crippen molar-refractivity contribution in [1.29, 1.82) is 0 Å². The van der Waals surface area contributed by atoms with E-state index in [1.54, 1.807) is 24.5 Å². The Morgan fingerprint density at radius 3 is 2.96 bits per heavy atom. The molecule has 5 heteroatoms. The maximum Gasteiger partial charge on any atom is 0.259 e. The summed E-state index contributed by atoms with van der Waals surface area (Å²) in [4.78, 5) is 17.1. The highest BCUT2D eigenvalue weighted by Crippen LogP contribution is 2.54. The molecule has 0 bridgehead atoms. The largest absolute Gasteiger partial charge is 0.321 e. The van der Waals surface area contributed by atoms with Gasteiger partial charge in [0.1, 0.15) is 5.65 Å². The van der Waals surface area contributed by atoms with Crippen molar-refractivity contribution in [2.75, 3.05) is 0 Å². The van der Waals surface area contributed by atoms with Crippen LogP contribution in [0.25, 0.3) is 11.2 Å². The number of nitrogens with one attached hydrogen (secondary N) is 1. The molecule has 2 aliphatic rings. The van der Waals surface area contributed by atoms with Gasteiger partial charge in [-0.3, -0.25) is 4.79 Å². The number of amides is 1. The number of hydrogen-bond acceptors (Lipinski definition) is 2. The Morgan fingerprint density at radius 1 is 1.52 bits per heavy atom. The van der Waals surface area contributed by atoms with Gasteiger partial charge in [-0.25, -0.2) is 4.98 Å². The summed E-state index contributed by atoms with van der Waals surface area (Å²) in [6.45, 7) is 4.37. The molecular formula is C22H20ClN3O. The highest BCUT2D eigenvalue weighted by molar-refractivity contribution is 6.30. The van der Waals surface area contributed by atoms with Crippen molar-refractivity contribution in [3.8, 4) is 12.3 Å². The molecule has 2 aromatic heterocycles. The zero-order chi connectivity index (χ0) is 19.2. The molecule has 1 aliphatic carbocycles. The van der Waals surface area contributed by atoms with Crippen molar-refractivity contribution in [3.05, 3.63) is 64.2 Å². The van der Waals surface area contributed by atoms with Crippen molar-refractivity contribution in [1.82, 2.24) is 14.7 Å². The monoisotopic (exact) mass is 377 g/mol. The zero-order valence-corrected chi connectivity index (χ0v) is 16.1. The Hall–Kier alpha value is -2.77. The Balaban J connectivity index is 1.75. The fraction of sp³-hybridized carbons (Fsp3) is 0.273. The minimum Gasteiger partial charge on any atom is -0.321 e. The molecule has 27 heavy (non-hydrogen) atoms. The molecule has 4 nitrogen and oxygen atoms in total. The lowest BCUT2D eigenvalue weighted by Crippen LogP contribution is -2.16. The summed E-state index contributed by atoms with van der Waals surface area (Å²) in [6, 6.07) is 3.52. The first-order valence-corrected chi connectivity index (χ1v) is 9.41. The lowest BCUT2D eigenvalue weighted by molar-refractivity contribution is -0.114. The average molecular weight is 378 g/mol. The maximum atomic E-state index is 12.6. The standard InChI is InChI=1S/C22H20ClN3O/c1-4-16-17(7-6-14(3)22(5-2)9-10-22)25-21(27)20(16)18-13-26-11-8-15(23)12-19(26)24-18/h1,6-8,11-13H,5,9-10H2,2-3H3,(H,25,27). The van der Waals surface area contributed by atoms with Crippen molar-refractivity contribution in [2.24, 2.45) is 5.41 Å². The molecule has 0 saturated heterocycles.